The molecule has 1 atom stereocenters. The average molecular weight is 431 g/mol. The van der Waals surface area contributed by atoms with Crippen LogP contribution in [0.25, 0.3) is 11.0 Å². The molecule has 5 rings (SSSR count). The summed E-state index contributed by atoms with van der Waals surface area (Å²) >= 11 is 0. The second-order valence-corrected chi connectivity index (χ2v) is 9.15. The average Bonchev–Trinajstić information content (AvgIpc) is 3.49. The zero-order valence-corrected chi connectivity index (χ0v) is 18.6. The fourth-order valence-electron chi connectivity index (χ4n) is 5.21. The number of amides is 2. The normalized spacial score (nSPS) is 19.4. The van der Waals surface area contributed by atoms with E-state index in [-0.39, 0.29) is 17.9 Å². The van der Waals surface area contributed by atoms with E-state index in [1.54, 1.807) is 12.1 Å². The van der Waals surface area contributed by atoms with Gasteiger partial charge in [0.1, 0.15) is 0 Å². The molecule has 32 heavy (non-hydrogen) atoms. The number of piperidine rings is 1. The maximum atomic E-state index is 13.8. The number of hydrogen-bond acceptors (Lipinski definition) is 3. The van der Waals surface area contributed by atoms with Gasteiger partial charge < -0.3 is 14.8 Å². The Labute approximate surface area is 188 Å². The Morgan fingerprint density at radius 3 is 2.50 bits per heavy atom. The Hall–Kier alpha value is -3.15. The third-order valence-electron chi connectivity index (χ3n) is 6.98. The van der Waals surface area contributed by atoms with E-state index in [1.807, 2.05) is 41.6 Å². The molecule has 1 saturated carbocycles. The van der Waals surface area contributed by atoms with E-state index in [2.05, 4.69) is 21.8 Å². The summed E-state index contributed by atoms with van der Waals surface area (Å²) in [5.74, 6) is -0.150. The topological polar surface area (TPSA) is 67.2 Å². The smallest absolute Gasteiger partial charge is 0.256 e. The third kappa shape index (κ3) is 3.90. The van der Waals surface area contributed by atoms with Gasteiger partial charge in [0.25, 0.3) is 11.8 Å². The summed E-state index contributed by atoms with van der Waals surface area (Å²) in [6.07, 6.45) is 9.75. The third-order valence-corrected chi connectivity index (χ3v) is 6.98. The largest absolute Gasteiger partial charge is 0.336 e. The van der Waals surface area contributed by atoms with Gasteiger partial charge in [-0.15, -0.1) is 0 Å². The minimum absolute atomic E-state index is 0.0396. The second-order valence-electron chi connectivity index (χ2n) is 9.15. The first-order chi connectivity index (χ1) is 15.6. The predicted molar refractivity (Wildman–Crippen MR) is 126 cm³/mol. The SMILES string of the molecule is C[C@H]1CCCCN1C(=O)c1cc(NC(=O)c2ccccc2)cc2ncn(C3CCCC3)c12. The summed E-state index contributed by atoms with van der Waals surface area (Å²) in [4.78, 5) is 33.2. The Morgan fingerprint density at radius 1 is 1.00 bits per heavy atom. The first-order valence-electron chi connectivity index (χ1n) is 11.8. The number of carbonyl (C=O) groups excluding carboxylic acids is 2. The van der Waals surface area contributed by atoms with Crippen molar-refractivity contribution < 1.29 is 9.59 Å². The lowest BCUT2D eigenvalue weighted by molar-refractivity contribution is 0.0637. The Morgan fingerprint density at radius 2 is 1.75 bits per heavy atom. The highest BCUT2D eigenvalue weighted by atomic mass is 16.2. The zero-order chi connectivity index (χ0) is 22.1. The summed E-state index contributed by atoms with van der Waals surface area (Å²) in [5, 5.41) is 2.98. The van der Waals surface area contributed by atoms with Crippen molar-refractivity contribution in [2.75, 3.05) is 11.9 Å². The van der Waals surface area contributed by atoms with Crippen molar-refractivity contribution >= 4 is 28.5 Å². The predicted octanol–water partition coefficient (Wildman–Crippen LogP) is 5.42. The van der Waals surface area contributed by atoms with E-state index in [9.17, 15) is 9.59 Å². The molecule has 1 saturated heterocycles. The van der Waals surface area contributed by atoms with Crippen LogP contribution >= 0.6 is 0 Å². The van der Waals surface area contributed by atoms with Crippen molar-refractivity contribution in [3.05, 3.63) is 59.9 Å². The van der Waals surface area contributed by atoms with Gasteiger partial charge in [-0.2, -0.15) is 0 Å². The van der Waals surface area contributed by atoms with Crippen molar-refractivity contribution in [3.8, 4) is 0 Å². The highest BCUT2D eigenvalue weighted by molar-refractivity contribution is 6.09. The molecule has 0 spiro atoms. The summed E-state index contributed by atoms with van der Waals surface area (Å²) in [6.45, 7) is 2.91. The van der Waals surface area contributed by atoms with Crippen molar-refractivity contribution in [3.63, 3.8) is 0 Å². The summed E-state index contributed by atoms with van der Waals surface area (Å²) in [5.41, 5.74) is 3.50. The number of anilines is 1. The molecule has 2 aliphatic rings. The van der Waals surface area contributed by atoms with E-state index in [0.29, 0.717) is 22.9 Å². The first kappa shape index (κ1) is 20.7. The van der Waals surface area contributed by atoms with E-state index < -0.39 is 0 Å². The second kappa shape index (κ2) is 8.77. The summed E-state index contributed by atoms with van der Waals surface area (Å²) in [7, 11) is 0. The van der Waals surface area contributed by atoms with Gasteiger partial charge in [0.05, 0.1) is 22.9 Å². The zero-order valence-electron chi connectivity index (χ0n) is 18.6. The summed E-state index contributed by atoms with van der Waals surface area (Å²) < 4.78 is 2.20. The molecule has 6 heteroatoms. The van der Waals surface area contributed by atoms with E-state index >= 15 is 0 Å². The fraction of sp³-hybridized carbons (Fsp3) is 0.423. The van der Waals surface area contributed by atoms with Crippen LogP contribution in [0.5, 0.6) is 0 Å². The van der Waals surface area contributed by atoms with Crippen LogP contribution in [0.4, 0.5) is 5.69 Å². The molecule has 6 nitrogen and oxygen atoms in total. The van der Waals surface area contributed by atoms with E-state index in [1.165, 1.54) is 12.8 Å². The monoisotopic (exact) mass is 430 g/mol. The first-order valence-corrected chi connectivity index (χ1v) is 11.8. The number of fused-ring (bicyclic) bond motifs is 1. The lowest BCUT2D eigenvalue weighted by atomic mass is 10.0. The van der Waals surface area contributed by atoms with Crippen LogP contribution in [0.1, 0.15) is 78.6 Å². The number of aromatic nitrogens is 2. The number of nitrogens with one attached hydrogen (secondary N) is 1. The molecule has 2 fully saturated rings. The molecule has 2 amide bonds. The molecule has 3 aromatic rings. The van der Waals surface area contributed by atoms with Crippen LogP contribution in [-0.4, -0.2) is 38.9 Å². The Bertz CT molecular complexity index is 1130. The van der Waals surface area contributed by atoms with Crippen LogP contribution in [-0.2, 0) is 0 Å². The van der Waals surface area contributed by atoms with Crippen molar-refractivity contribution in [2.24, 2.45) is 0 Å². The molecule has 1 aliphatic carbocycles. The van der Waals surface area contributed by atoms with Gasteiger partial charge in [0, 0.05) is 29.9 Å². The standard InChI is InChI=1S/C26H30N4O2/c1-18-9-7-8-14-29(18)26(32)22-15-20(28-25(31)19-10-3-2-4-11-19)16-23-24(22)30(17-27-23)21-12-5-6-13-21/h2-4,10-11,15-18,21H,5-9,12-14H2,1H3,(H,28,31)/t18-/m0/s1. The van der Waals surface area contributed by atoms with Crippen LogP contribution in [0.15, 0.2) is 48.8 Å². The lowest BCUT2D eigenvalue weighted by Gasteiger charge is -2.34. The number of hydrogen-bond donors (Lipinski definition) is 1. The lowest BCUT2D eigenvalue weighted by Crippen LogP contribution is -2.42. The van der Waals surface area contributed by atoms with Crippen LogP contribution in [0, 0.1) is 0 Å². The van der Waals surface area contributed by atoms with Gasteiger partial charge in [-0.1, -0.05) is 31.0 Å². The van der Waals surface area contributed by atoms with Gasteiger partial charge in [-0.3, -0.25) is 9.59 Å². The van der Waals surface area contributed by atoms with Crippen LogP contribution < -0.4 is 5.32 Å². The molecule has 2 aromatic carbocycles. The molecular weight excluding hydrogens is 400 g/mol. The number of likely N-dealkylation sites (tertiary alicyclic amines) is 1. The maximum Gasteiger partial charge on any atom is 0.256 e. The van der Waals surface area contributed by atoms with Crippen molar-refractivity contribution in [1.29, 1.82) is 0 Å². The number of imidazole rings is 1. The summed E-state index contributed by atoms with van der Waals surface area (Å²) in [6, 6.07) is 13.5. The minimum atomic E-state index is -0.190. The molecular formula is C26H30N4O2. The number of rotatable bonds is 4. The van der Waals surface area contributed by atoms with Crippen LogP contribution in [0.2, 0.25) is 0 Å². The Kier molecular flexibility index (Phi) is 5.68. The maximum absolute atomic E-state index is 13.8. The van der Waals surface area contributed by atoms with Gasteiger partial charge in [0.15, 0.2) is 0 Å². The molecule has 0 radical (unpaired) electrons. The van der Waals surface area contributed by atoms with E-state index in [4.69, 9.17) is 0 Å². The molecule has 2 heterocycles. The fourth-order valence-corrected chi connectivity index (χ4v) is 5.21. The number of nitrogens with zero attached hydrogens (tertiary/aromatic N) is 3. The van der Waals surface area contributed by atoms with Crippen molar-refractivity contribution in [2.45, 2.75) is 64.0 Å². The number of carbonyl (C=O) groups is 2. The highest BCUT2D eigenvalue weighted by Crippen LogP contribution is 2.35. The Balaban J connectivity index is 1.56. The molecule has 0 unspecified atom stereocenters. The molecule has 166 valence electrons. The van der Waals surface area contributed by atoms with Gasteiger partial charge in [0.2, 0.25) is 0 Å². The molecule has 1 aliphatic heterocycles. The van der Waals surface area contributed by atoms with Gasteiger partial charge in [-0.25, -0.2) is 4.98 Å². The minimum Gasteiger partial charge on any atom is -0.336 e. The van der Waals surface area contributed by atoms with Crippen LogP contribution in [0.3, 0.4) is 0 Å². The van der Waals surface area contributed by atoms with Crippen molar-refractivity contribution in [1.82, 2.24) is 14.5 Å². The van der Waals surface area contributed by atoms with Gasteiger partial charge in [-0.05, 0) is 63.3 Å². The molecule has 1 N–H and O–H groups in total. The van der Waals surface area contributed by atoms with E-state index in [0.717, 1.165) is 49.7 Å². The highest BCUT2D eigenvalue weighted by Gasteiger charge is 2.29. The van der Waals surface area contributed by atoms with Gasteiger partial charge >= 0.3 is 0 Å². The quantitative estimate of drug-likeness (QED) is 0.601. The number of benzene rings is 2. The molecule has 1 aromatic heterocycles. The molecule has 0 bridgehead atoms.